The van der Waals surface area contributed by atoms with Gasteiger partial charge >= 0.3 is 0 Å². The first-order valence-corrected chi connectivity index (χ1v) is 4.55. The lowest BCUT2D eigenvalue weighted by Gasteiger charge is -2.09. The molecule has 5 heteroatoms. The highest BCUT2D eigenvalue weighted by Gasteiger charge is 2.15. The molecule has 1 atom stereocenters. The lowest BCUT2D eigenvalue weighted by molar-refractivity contribution is -0.114. The van der Waals surface area contributed by atoms with Gasteiger partial charge in [-0.25, -0.2) is 0 Å². The molecule has 0 bridgehead atoms. The minimum absolute atomic E-state index is 0.332. The van der Waals surface area contributed by atoms with Crippen molar-refractivity contribution in [2.45, 2.75) is 5.56 Å². The number of hydrogen-bond donors (Lipinski definition) is 0. The molecule has 0 radical (unpaired) electrons. The summed E-state index contributed by atoms with van der Waals surface area (Å²) < 4.78 is 4.96. The Hall–Kier alpha value is -0.440. The van der Waals surface area contributed by atoms with Crippen LogP contribution in [0.2, 0.25) is 5.02 Å². The second-order valence-electron chi connectivity index (χ2n) is 2.17. The van der Waals surface area contributed by atoms with E-state index in [9.17, 15) is 4.79 Å². The van der Waals surface area contributed by atoms with Crippen molar-refractivity contribution < 1.29 is 9.53 Å². The Labute approximate surface area is 90.3 Å². The smallest absolute Gasteiger partial charge is 0.278 e. The van der Waals surface area contributed by atoms with E-state index in [-0.39, 0.29) is 0 Å². The maximum absolute atomic E-state index is 10.5. The lowest BCUT2D eigenvalue weighted by atomic mass is 10.3. The minimum atomic E-state index is -1.21. The molecule has 70 valence electrons. The van der Waals surface area contributed by atoms with Gasteiger partial charge in [0, 0.05) is 0 Å². The Kier molecular flexibility index (Phi) is 3.85. The third-order valence-corrected chi connectivity index (χ3v) is 2.15. The van der Waals surface area contributed by atoms with Gasteiger partial charge in [-0.15, -0.1) is 0 Å². The molecule has 13 heavy (non-hydrogen) atoms. The van der Waals surface area contributed by atoms with Crippen molar-refractivity contribution in [3.05, 3.63) is 29.3 Å². The SMILES string of the molecule is O=C(Cl)C(Cl)Oc1ccccc1Cl. The number of ether oxygens (including phenoxy) is 1. The normalized spacial score (nSPS) is 12.2. The lowest BCUT2D eigenvalue weighted by Crippen LogP contribution is -2.15. The van der Waals surface area contributed by atoms with Gasteiger partial charge in [-0.05, 0) is 23.7 Å². The van der Waals surface area contributed by atoms with Gasteiger partial charge in [-0.3, -0.25) is 4.79 Å². The number of para-hydroxylation sites is 1. The molecule has 0 aliphatic carbocycles. The number of halogens is 3. The standard InChI is InChI=1S/C8H5Cl3O2/c9-5-3-1-2-4-6(5)13-8(11)7(10)12/h1-4,8H. The highest BCUT2D eigenvalue weighted by molar-refractivity contribution is 6.68. The number of alkyl halides is 1. The van der Waals surface area contributed by atoms with E-state index in [1.807, 2.05) is 0 Å². The van der Waals surface area contributed by atoms with E-state index >= 15 is 0 Å². The summed E-state index contributed by atoms with van der Waals surface area (Å²) >= 11 is 16.3. The molecule has 0 saturated carbocycles. The maximum Gasteiger partial charge on any atom is 0.278 e. The minimum Gasteiger partial charge on any atom is -0.464 e. The molecule has 1 aromatic carbocycles. The summed E-state index contributed by atoms with van der Waals surface area (Å²) in [6, 6.07) is 6.67. The van der Waals surface area contributed by atoms with Crippen LogP contribution in [0.4, 0.5) is 0 Å². The zero-order valence-corrected chi connectivity index (χ0v) is 8.60. The number of hydrogen-bond acceptors (Lipinski definition) is 2. The molecule has 1 rings (SSSR count). The van der Waals surface area contributed by atoms with Crippen LogP contribution in [0.1, 0.15) is 0 Å². The van der Waals surface area contributed by atoms with Crippen LogP contribution < -0.4 is 4.74 Å². The number of carbonyl (C=O) groups excluding carboxylic acids is 1. The maximum atomic E-state index is 10.5. The van der Waals surface area contributed by atoms with Gasteiger partial charge in [0.05, 0.1) is 5.02 Å². The van der Waals surface area contributed by atoms with E-state index in [0.717, 1.165) is 0 Å². The van der Waals surface area contributed by atoms with Crippen molar-refractivity contribution in [1.82, 2.24) is 0 Å². The Balaban J connectivity index is 2.74. The molecule has 0 amide bonds. The first-order chi connectivity index (χ1) is 6.11. The topological polar surface area (TPSA) is 26.3 Å². The molecule has 1 unspecified atom stereocenters. The van der Waals surface area contributed by atoms with E-state index in [0.29, 0.717) is 10.8 Å². The van der Waals surface area contributed by atoms with Crippen molar-refractivity contribution in [2.75, 3.05) is 0 Å². The van der Waals surface area contributed by atoms with Crippen molar-refractivity contribution in [3.8, 4) is 5.75 Å². The predicted octanol–water partition coefficient (Wildman–Crippen LogP) is 3.05. The molecule has 0 aromatic heterocycles. The molecular formula is C8H5Cl3O2. The molecule has 1 aromatic rings. The quantitative estimate of drug-likeness (QED) is 0.598. The van der Waals surface area contributed by atoms with Crippen LogP contribution in [-0.4, -0.2) is 10.8 Å². The van der Waals surface area contributed by atoms with Crippen molar-refractivity contribution in [2.24, 2.45) is 0 Å². The fourth-order valence-corrected chi connectivity index (χ4v) is 1.02. The summed E-state index contributed by atoms with van der Waals surface area (Å²) in [5.41, 5.74) is -1.21. The summed E-state index contributed by atoms with van der Waals surface area (Å²) in [6.45, 7) is 0. The molecular weight excluding hydrogens is 234 g/mol. The van der Waals surface area contributed by atoms with E-state index in [4.69, 9.17) is 39.5 Å². The summed E-state index contributed by atoms with van der Waals surface area (Å²) in [5.74, 6) is 0.332. The van der Waals surface area contributed by atoms with Crippen molar-refractivity contribution >= 4 is 40.0 Å². The van der Waals surface area contributed by atoms with E-state index in [1.165, 1.54) is 0 Å². The Bertz CT molecular complexity index is 314. The molecule has 0 saturated heterocycles. The van der Waals surface area contributed by atoms with Gasteiger partial charge in [-0.2, -0.15) is 0 Å². The van der Waals surface area contributed by atoms with Crippen LogP contribution in [0, 0.1) is 0 Å². The van der Waals surface area contributed by atoms with Gasteiger partial charge in [0.15, 0.2) is 0 Å². The van der Waals surface area contributed by atoms with Gasteiger partial charge in [0.2, 0.25) is 5.56 Å². The molecule has 0 spiro atoms. The molecule has 0 fully saturated rings. The largest absolute Gasteiger partial charge is 0.464 e. The van der Waals surface area contributed by atoms with E-state index in [2.05, 4.69) is 0 Å². The predicted molar refractivity (Wildman–Crippen MR) is 52.6 cm³/mol. The van der Waals surface area contributed by atoms with Gasteiger partial charge in [0.25, 0.3) is 5.24 Å². The fourth-order valence-electron chi connectivity index (χ4n) is 0.698. The van der Waals surface area contributed by atoms with Crippen LogP contribution in [0.15, 0.2) is 24.3 Å². The van der Waals surface area contributed by atoms with Crippen molar-refractivity contribution in [3.63, 3.8) is 0 Å². The second kappa shape index (κ2) is 4.70. The zero-order chi connectivity index (χ0) is 9.84. The Morgan fingerprint density at radius 1 is 1.38 bits per heavy atom. The van der Waals surface area contributed by atoms with Crippen LogP contribution in [0.25, 0.3) is 0 Å². The summed E-state index contributed by atoms with van der Waals surface area (Å²) in [5, 5.41) is -0.396. The number of rotatable bonds is 3. The van der Waals surface area contributed by atoms with Gasteiger partial charge < -0.3 is 4.74 Å². The third-order valence-electron chi connectivity index (χ3n) is 1.25. The Morgan fingerprint density at radius 3 is 2.54 bits per heavy atom. The highest BCUT2D eigenvalue weighted by atomic mass is 35.5. The van der Waals surface area contributed by atoms with E-state index in [1.54, 1.807) is 24.3 Å². The zero-order valence-electron chi connectivity index (χ0n) is 6.34. The summed E-state index contributed by atoms with van der Waals surface area (Å²) in [6.07, 6.45) is 0. The second-order valence-corrected chi connectivity index (χ2v) is 3.34. The van der Waals surface area contributed by atoms with Crippen LogP contribution in [0.3, 0.4) is 0 Å². The molecule has 0 heterocycles. The number of carbonyl (C=O) groups is 1. The monoisotopic (exact) mass is 238 g/mol. The average Bonchev–Trinajstić information content (AvgIpc) is 2.08. The first-order valence-electron chi connectivity index (χ1n) is 3.36. The fraction of sp³-hybridized carbons (Fsp3) is 0.125. The van der Waals surface area contributed by atoms with Crippen molar-refractivity contribution in [1.29, 1.82) is 0 Å². The van der Waals surface area contributed by atoms with Gasteiger partial charge in [0.1, 0.15) is 5.75 Å². The molecule has 0 N–H and O–H groups in total. The van der Waals surface area contributed by atoms with Crippen LogP contribution in [0.5, 0.6) is 5.75 Å². The highest BCUT2D eigenvalue weighted by Crippen LogP contribution is 2.25. The average molecular weight is 239 g/mol. The van der Waals surface area contributed by atoms with Crippen LogP contribution >= 0.6 is 34.8 Å². The first kappa shape index (κ1) is 10.6. The number of benzene rings is 1. The molecule has 0 aliphatic rings. The summed E-state index contributed by atoms with van der Waals surface area (Å²) in [7, 11) is 0. The van der Waals surface area contributed by atoms with Crippen LogP contribution in [-0.2, 0) is 4.79 Å². The Morgan fingerprint density at radius 2 is 2.00 bits per heavy atom. The summed E-state index contributed by atoms with van der Waals surface area (Å²) in [4.78, 5) is 10.5. The molecule has 0 aliphatic heterocycles. The third kappa shape index (κ3) is 3.07. The molecule has 2 nitrogen and oxygen atoms in total. The van der Waals surface area contributed by atoms with Gasteiger partial charge in [-0.1, -0.05) is 35.3 Å². The van der Waals surface area contributed by atoms with E-state index < -0.39 is 10.8 Å².